The van der Waals surface area contributed by atoms with Crippen LogP contribution in [0.25, 0.3) is 10.9 Å². The molecule has 2 aromatic carbocycles. The Kier molecular flexibility index (Phi) is 14.2. The van der Waals surface area contributed by atoms with Gasteiger partial charge in [0.05, 0.1) is 24.5 Å². The van der Waals surface area contributed by atoms with Gasteiger partial charge in [-0.3, -0.25) is 24.8 Å². The number of para-hydroxylation sites is 1. The number of carbonyl (C=O) groups is 4. The number of nitrogens with one attached hydrogen (secondary N) is 4. The molecule has 0 radical (unpaired) electrons. The van der Waals surface area contributed by atoms with E-state index in [1.54, 1.807) is 36.5 Å². The first kappa shape index (κ1) is 36.2. The van der Waals surface area contributed by atoms with Crippen molar-refractivity contribution in [3.8, 4) is 0 Å². The van der Waals surface area contributed by atoms with Crippen molar-refractivity contribution >= 4 is 46.3 Å². The van der Waals surface area contributed by atoms with Gasteiger partial charge in [-0.2, -0.15) is 0 Å². The first-order valence-electron chi connectivity index (χ1n) is 14.9. The zero-order chi connectivity index (χ0) is 33.6. The summed E-state index contributed by atoms with van der Waals surface area (Å²) in [5.74, 6) is -3.13. The molecule has 0 aliphatic rings. The number of hydrazine groups is 1. The molecule has 3 aromatic rings. The Morgan fingerprint density at radius 1 is 0.978 bits per heavy atom. The highest BCUT2D eigenvalue weighted by molar-refractivity contribution is 6.30. The molecule has 248 valence electrons. The molecule has 0 saturated heterocycles. The van der Waals surface area contributed by atoms with Gasteiger partial charge in [0.1, 0.15) is 6.04 Å². The van der Waals surface area contributed by atoms with Crippen molar-refractivity contribution in [3.05, 3.63) is 76.9 Å². The van der Waals surface area contributed by atoms with Crippen LogP contribution in [-0.2, 0) is 30.4 Å². The normalized spacial score (nSPS) is 13.2. The van der Waals surface area contributed by atoms with Gasteiger partial charge in [0.25, 0.3) is 0 Å². The Hall–Kier alpha value is -4.30. The number of halogens is 1. The summed E-state index contributed by atoms with van der Waals surface area (Å²) in [7, 11) is 1.46. The summed E-state index contributed by atoms with van der Waals surface area (Å²) in [5, 5.41) is 20.3. The molecule has 2 unspecified atom stereocenters. The highest BCUT2D eigenvalue weighted by Gasteiger charge is 2.34. The predicted molar refractivity (Wildman–Crippen MR) is 172 cm³/mol. The monoisotopic (exact) mass is 656 g/mol. The number of benzene rings is 2. The Balaban J connectivity index is 1.73. The molecule has 46 heavy (non-hydrogen) atoms. The summed E-state index contributed by atoms with van der Waals surface area (Å²) >= 11 is 5.88. The van der Waals surface area contributed by atoms with E-state index in [1.807, 2.05) is 45.0 Å². The number of hydrogen-bond acceptors (Lipinski definition) is 8. The lowest BCUT2D eigenvalue weighted by molar-refractivity contribution is -0.170. The van der Waals surface area contributed by atoms with Gasteiger partial charge in [0.2, 0.25) is 11.8 Å². The topological polar surface area (TPSA) is 171 Å². The highest BCUT2D eigenvalue weighted by Crippen LogP contribution is 2.31. The summed E-state index contributed by atoms with van der Waals surface area (Å²) < 4.78 is 11.7. The molecule has 4 amide bonds. The number of ether oxygens (including phenoxy) is 2. The van der Waals surface area contributed by atoms with E-state index in [4.69, 9.17) is 21.1 Å². The van der Waals surface area contributed by atoms with Gasteiger partial charge in [-0.1, -0.05) is 54.9 Å². The largest absolute Gasteiger partial charge is 0.481 e. The average molecular weight is 657 g/mol. The lowest BCUT2D eigenvalue weighted by Gasteiger charge is -2.33. The lowest BCUT2D eigenvalue weighted by atomic mass is 9.91. The van der Waals surface area contributed by atoms with Crippen LogP contribution in [0, 0.1) is 5.92 Å². The van der Waals surface area contributed by atoms with Crippen LogP contribution in [0.5, 0.6) is 0 Å². The van der Waals surface area contributed by atoms with Crippen molar-refractivity contribution < 1.29 is 33.8 Å². The Labute approximate surface area is 272 Å². The van der Waals surface area contributed by atoms with Crippen molar-refractivity contribution in [1.29, 1.82) is 0 Å². The standard InChI is InChI=1S/C32H41ClN6O7/c1-5-45-31(46-6-2)20(3)28(24-11-7-9-22-10-8-16-34-29(22)24)37-30(43)25(17-27(41)42)36-26(40)19-39(4)38-32(44)35-18-21-12-14-23(33)15-13-21/h7-16,20,25,28,31H,5-6,17-19H2,1-4H3,(H,36,40)(H,37,43)(H,41,42)(H2,35,38,44)/t20-,25?,28?/m0/s1. The zero-order valence-electron chi connectivity index (χ0n) is 26.3. The molecule has 1 aromatic heterocycles. The van der Waals surface area contributed by atoms with Crippen LogP contribution in [0.2, 0.25) is 5.02 Å². The van der Waals surface area contributed by atoms with E-state index in [0.717, 1.165) is 10.9 Å². The van der Waals surface area contributed by atoms with Crippen LogP contribution >= 0.6 is 11.6 Å². The van der Waals surface area contributed by atoms with Gasteiger partial charge in [-0.05, 0) is 37.6 Å². The van der Waals surface area contributed by atoms with Crippen LogP contribution in [-0.4, -0.2) is 78.1 Å². The van der Waals surface area contributed by atoms with Gasteiger partial charge >= 0.3 is 12.0 Å². The Bertz CT molecular complexity index is 1460. The van der Waals surface area contributed by atoms with Crippen molar-refractivity contribution in [3.63, 3.8) is 0 Å². The van der Waals surface area contributed by atoms with Crippen LogP contribution < -0.4 is 21.4 Å². The number of likely N-dealkylation sites (N-methyl/N-ethyl adjacent to an activating group) is 1. The number of aromatic nitrogens is 1. The van der Waals surface area contributed by atoms with E-state index >= 15 is 0 Å². The number of hydrogen-bond donors (Lipinski definition) is 5. The molecule has 0 spiro atoms. The van der Waals surface area contributed by atoms with Gasteiger partial charge in [-0.25, -0.2) is 9.80 Å². The Morgan fingerprint density at radius 2 is 1.65 bits per heavy atom. The molecule has 3 rings (SSSR count). The number of rotatable bonds is 17. The quantitative estimate of drug-likeness (QED) is 0.108. The summed E-state index contributed by atoms with van der Waals surface area (Å²) in [6, 6.07) is 13.5. The second-order valence-corrected chi connectivity index (χ2v) is 11.0. The third-order valence-corrected chi connectivity index (χ3v) is 7.24. The Morgan fingerprint density at radius 3 is 2.30 bits per heavy atom. The molecule has 0 saturated carbocycles. The van der Waals surface area contributed by atoms with E-state index in [2.05, 4.69) is 26.4 Å². The number of aliphatic carboxylic acids is 1. The van der Waals surface area contributed by atoms with Crippen LogP contribution in [0.4, 0.5) is 4.79 Å². The molecular weight excluding hydrogens is 616 g/mol. The van der Waals surface area contributed by atoms with Gasteiger partial charge in [-0.15, -0.1) is 0 Å². The highest BCUT2D eigenvalue weighted by atomic mass is 35.5. The van der Waals surface area contributed by atoms with Crippen molar-refractivity contribution in [2.45, 2.75) is 52.1 Å². The predicted octanol–water partition coefficient (Wildman–Crippen LogP) is 3.39. The maximum absolute atomic E-state index is 13.7. The fourth-order valence-corrected chi connectivity index (χ4v) is 4.96. The van der Waals surface area contributed by atoms with Crippen LogP contribution in [0.3, 0.4) is 0 Å². The summed E-state index contributed by atoms with van der Waals surface area (Å²) in [6.07, 6.45) is 0.275. The lowest BCUT2D eigenvalue weighted by Crippen LogP contribution is -2.54. The van der Waals surface area contributed by atoms with E-state index in [9.17, 15) is 24.3 Å². The molecule has 0 aliphatic carbocycles. The molecule has 5 N–H and O–H groups in total. The van der Waals surface area contributed by atoms with E-state index in [1.165, 1.54) is 12.1 Å². The smallest absolute Gasteiger partial charge is 0.329 e. The number of carboxylic acid groups (broad SMARTS) is 1. The molecular formula is C32H41ClN6O7. The van der Waals surface area contributed by atoms with Crippen LogP contribution in [0.15, 0.2) is 60.8 Å². The first-order chi connectivity index (χ1) is 22.0. The fraction of sp³-hybridized carbons (Fsp3) is 0.406. The minimum Gasteiger partial charge on any atom is -0.481 e. The van der Waals surface area contributed by atoms with Gasteiger partial charge in [0, 0.05) is 54.9 Å². The van der Waals surface area contributed by atoms with Gasteiger partial charge in [0.15, 0.2) is 6.29 Å². The maximum Gasteiger partial charge on any atom is 0.329 e. The number of nitrogens with zero attached hydrogens (tertiary/aromatic N) is 2. The molecule has 3 atom stereocenters. The minimum atomic E-state index is -1.42. The SMILES string of the molecule is CCOC(OCC)[C@@H](C)C(NC(=O)C(CC(=O)O)NC(=O)CN(C)NC(=O)NCc1ccc(Cl)cc1)c1cccc2cccnc12. The molecule has 0 fully saturated rings. The zero-order valence-corrected chi connectivity index (χ0v) is 27.0. The fourth-order valence-electron chi connectivity index (χ4n) is 4.84. The maximum atomic E-state index is 13.7. The number of fused-ring (bicyclic) bond motifs is 1. The second-order valence-electron chi connectivity index (χ2n) is 10.5. The first-order valence-corrected chi connectivity index (χ1v) is 15.3. The van der Waals surface area contributed by atoms with E-state index in [0.29, 0.717) is 29.3 Å². The average Bonchev–Trinajstić information content (AvgIpc) is 3.02. The molecule has 13 nitrogen and oxygen atoms in total. The minimum absolute atomic E-state index is 0.225. The molecule has 0 aliphatic heterocycles. The van der Waals surface area contributed by atoms with Crippen molar-refractivity contribution in [2.75, 3.05) is 26.8 Å². The van der Waals surface area contributed by atoms with Gasteiger partial charge < -0.3 is 30.5 Å². The number of carbonyl (C=O) groups excluding carboxylic acids is 3. The van der Waals surface area contributed by atoms with E-state index < -0.39 is 54.5 Å². The third kappa shape index (κ3) is 10.9. The second kappa shape index (κ2) is 18.0. The number of urea groups is 1. The molecule has 14 heteroatoms. The summed E-state index contributed by atoms with van der Waals surface area (Å²) in [5.41, 5.74) is 4.65. The number of pyridine rings is 1. The van der Waals surface area contributed by atoms with Crippen molar-refractivity contribution in [2.24, 2.45) is 5.92 Å². The molecule has 1 heterocycles. The summed E-state index contributed by atoms with van der Waals surface area (Å²) in [6.45, 7) is 6.11. The number of carboxylic acids is 1. The van der Waals surface area contributed by atoms with E-state index in [-0.39, 0.29) is 13.1 Å². The number of amides is 4. The summed E-state index contributed by atoms with van der Waals surface area (Å²) in [4.78, 5) is 55.2. The van der Waals surface area contributed by atoms with Crippen molar-refractivity contribution in [1.82, 2.24) is 31.4 Å². The third-order valence-electron chi connectivity index (χ3n) is 6.98. The molecule has 0 bridgehead atoms. The van der Waals surface area contributed by atoms with Crippen LogP contribution in [0.1, 0.15) is 44.4 Å².